The Bertz CT molecular complexity index is 351. The van der Waals surface area contributed by atoms with Crippen molar-refractivity contribution in [2.24, 2.45) is 11.8 Å². The van der Waals surface area contributed by atoms with Crippen LogP contribution in [0.4, 0.5) is 6.01 Å². The Morgan fingerprint density at radius 3 is 2.15 bits per heavy atom. The average Bonchev–Trinajstić information content (AvgIpc) is 2.84. The lowest BCUT2D eigenvalue weighted by Crippen LogP contribution is -2.27. The van der Waals surface area contributed by atoms with E-state index in [4.69, 9.17) is 4.42 Å². The monoisotopic (exact) mass is 282 g/mol. The average molecular weight is 282 g/mol. The Kier molecular flexibility index (Phi) is 7.59. The quantitative estimate of drug-likeness (QED) is 0.714. The van der Waals surface area contributed by atoms with Crippen molar-refractivity contribution in [3.8, 4) is 0 Å². The first-order chi connectivity index (χ1) is 9.52. The van der Waals surface area contributed by atoms with Crippen LogP contribution in [0, 0.1) is 11.8 Å². The van der Waals surface area contributed by atoms with Gasteiger partial charge in [-0.25, -0.2) is 0 Å². The van der Waals surface area contributed by atoms with Crippen LogP contribution in [0.2, 0.25) is 0 Å². The molecular formula is C15H30N4O. The molecule has 0 amide bonds. The molecule has 0 saturated carbocycles. The summed E-state index contributed by atoms with van der Waals surface area (Å²) < 4.78 is 5.75. The van der Waals surface area contributed by atoms with Gasteiger partial charge in [0.05, 0.1) is 6.54 Å². The van der Waals surface area contributed by atoms with Gasteiger partial charge in [0.1, 0.15) is 0 Å². The smallest absolute Gasteiger partial charge is 0.318 e. The van der Waals surface area contributed by atoms with Crippen LogP contribution in [0.5, 0.6) is 0 Å². The molecule has 0 atom stereocenters. The van der Waals surface area contributed by atoms with Crippen LogP contribution in [-0.2, 0) is 6.54 Å². The van der Waals surface area contributed by atoms with Gasteiger partial charge in [-0.1, -0.05) is 39.7 Å². The predicted molar refractivity (Wildman–Crippen MR) is 82.8 cm³/mol. The van der Waals surface area contributed by atoms with Gasteiger partial charge in [0.2, 0.25) is 5.89 Å². The van der Waals surface area contributed by atoms with Crippen molar-refractivity contribution in [3.63, 3.8) is 0 Å². The maximum absolute atomic E-state index is 5.75. The summed E-state index contributed by atoms with van der Waals surface area (Å²) in [7, 11) is 0. The van der Waals surface area contributed by atoms with E-state index in [2.05, 4.69) is 55.0 Å². The summed E-state index contributed by atoms with van der Waals surface area (Å²) in [6.07, 6.45) is 2.28. The van der Waals surface area contributed by atoms with Crippen molar-refractivity contribution in [2.45, 2.75) is 54.0 Å². The zero-order chi connectivity index (χ0) is 15.0. The van der Waals surface area contributed by atoms with Gasteiger partial charge in [0.25, 0.3) is 0 Å². The van der Waals surface area contributed by atoms with Crippen molar-refractivity contribution in [2.75, 3.05) is 24.5 Å². The normalized spacial score (nSPS) is 11.6. The van der Waals surface area contributed by atoms with Gasteiger partial charge in [-0.3, -0.25) is 0 Å². The fraction of sp³-hybridized carbons (Fsp3) is 0.867. The number of hydrogen-bond donors (Lipinski definition) is 1. The van der Waals surface area contributed by atoms with Gasteiger partial charge in [-0.2, -0.15) is 0 Å². The Morgan fingerprint density at radius 2 is 1.65 bits per heavy atom. The molecule has 5 nitrogen and oxygen atoms in total. The van der Waals surface area contributed by atoms with E-state index in [-0.39, 0.29) is 0 Å². The van der Waals surface area contributed by atoms with Crippen LogP contribution in [-0.4, -0.2) is 29.8 Å². The molecule has 20 heavy (non-hydrogen) atoms. The van der Waals surface area contributed by atoms with E-state index in [9.17, 15) is 0 Å². The summed E-state index contributed by atoms with van der Waals surface area (Å²) in [5.41, 5.74) is 0. The third-order valence-electron chi connectivity index (χ3n) is 3.21. The van der Waals surface area contributed by atoms with E-state index >= 15 is 0 Å². The van der Waals surface area contributed by atoms with E-state index in [1.807, 2.05) is 0 Å². The van der Waals surface area contributed by atoms with Crippen LogP contribution in [0.1, 0.15) is 53.4 Å². The standard InChI is InChI=1S/C15H30N4O/c1-6-16-11-14-17-18-15(20-14)19(9-7-12(2)3)10-8-13(4)5/h12-13,16H,6-11H2,1-5H3. The van der Waals surface area contributed by atoms with Crippen molar-refractivity contribution < 1.29 is 4.42 Å². The number of hydrogen-bond acceptors (Lipinski definition) is 5. The van der Waals surface area contributed by atoms with E-state index in [0.717, 1.165) is 32.5 Å². The highest BCUT2D eigenvalue weighted by Gasteiger charge is 2.15. The molecule has 0 aliphatic carbocycles. The number of nitrogens with one attached hydrogen (secondary N) is 1. The number of rotatable bonds is 10. The molecule has 0 aromatic carbocycles. The molecule has 0 bridgehead atoms. The first-order valence-electron chi connectivity index (χ1n) is 7.81. The molecule has 0 spiro atoms. The molecular weight excluding hydrogens is 252 g/mol. The maximum Gasteiger partial charge on any atom is 0.318 e. The molecule has 1 N–H and O–H groups in total. The van der Waals surface area contributed by atoms with E-state index < -0.39 is 0 Å². The highest BCUT2D eigenvalue weighted by molar-refractivity contribution is 5.23. The van der Waals surface area contributed by atoms with E-state index in [1.54, 1.807) is 0 Å². The van der Waals surface area contributed by atoms with E-state index in [0.29, 0.717) is 30.3 Å². The highest BCUT2D eigenvalue weighted by atomic mass is 16.4. The minimum Gasteiger partial charge on any atom is -0.407 e. The second-order valence-corrected chi connectivity index (χ2v) is 6.11. The molecule has 0 aliphatic rings. The third-order valence-corrected chi connectivity index (χ3v) is 3.21. The Hall–Kier alpha value is -1.10. The summed E-state index contributed by atoms with van der Waals surface area (Å²) in [6.45, 7) is 14.5. The van der Waals surface area contributed by atoms with Gasteiger partial charge >= 0.3 is 6.01 Å². The van der Waals surface area contributed by atoms with E-state index in [1.165, 1.54) is 0 Å². The third kappa shape index (κ3) is 6.37. The lowest BCUT2D eigenvalue weighted by Gasteiger charge is -2.22. The fourth-order valence-corrected chi connectivity index (χ4v) is 1.81. The van der Waals surface area contributed by atoms with Gasteiger partial charge in [-0.05, 0) is 31.2 Å². The summed E-state index contributed by atoms with van der Waals surface area (Å²) >= 11 is 0. The molecule has 116 valence electrons. The molecule has 0 aliphatic heterocycles. The van der Waals surface area contributed by atoms with Gasteiger partial charge in [0, 0.05) is 13.1 Å². The summed E-state index contributed by atoms with van der Waals surface area (Å²) in [5.74, 6) is 2.03. The van der Waals surface area contributed by atoms with Gasteiger partial charge in [0.15, 0.2) is 0 Å². The highest BCUT2D eigenvalue weighted by Crippen LogP contribution is 2.16. The molecule has 1 aromatic heterocycles. The van der Waals surface area contributed by atoms with Crippen molar-refractivity contribution in [3.05, 3.63) is 5.89 Å². The molecule has 5 heteroatoms. The molecule has 0 radical (unpaired) electrons. The molecule has 1 aromatic rings. The summed E-state index contributed by atoms with van der Waals surface area (Å²) in [6, 6.07) is 0.666. The minimum atomic E-state index is 0.645. The van der Waals surface area contributed by atoms with Crippen LogP contribution >= 0.6 is 0 Å². The van der Waals surface area contributed by atoms with Crippen LogP contribution in [0.3, 0.4) is 0 Å². The largest absolute Gasteiger partial charge is 0.407 e. The topological polar surface area (TPSA) is 54.2 Å². The van der Waals surface area contributed by atoms with Crippen LogP contribution < -0.4 is 10.2 Å². The van der Waals surface area contributed by atoms with Crippen LogP contribution in [0.15, 0.2) is 4.42 Å². The predicted octanol–water partition coefficient (Wildman–Crippen LogP) is 3.08. The lowest BCUT2D eigenvalue weighted by atomic mass is 10.1. The van der Waals surface area contributed by atoms with Gasteiger partial charge < -0.3 is 14.6 Å². The molecule has 0 saturated heterocycles. The fourth-order valence-electron chi connectivity index (χ4n) is 1.81. The first-order valence-corrected chi connectivity index (χ1v) is 7.81. The minimum absolute atomic E-state index is 0.645. The first kappa shape index (κ1) is 17.0. The Morgan fingerprint density at radius 1 is 1.05 bits per heavy atom. The maximum atomic E-state index is 5.75. The molecule has 1 rings (SSSR count). The van der Waals surface area contributed by atoms with Crippen molar-refractivity contribution in [1.82, 2.24) is 15.5 Å². The summed E-state index contributed by atoms with van der Waals surface area (Å²) in [5, 5.41) is 11.5. The Balaban J connectivity index is 2.62. The van der Waals surface area contributed by atoms with Crippen LogP contribution in [0.25, 0.3) is 0 Å². The van der Waals surface area contributed by atoms with Crippen molar-refractivity contribution >= 4 is 6.01 Å². The van der Waals surface area contributed by atoms with Gasteiger partial charge in [-0.15, -0.1) is 5.10 Å². The summed E-state index contributed by atoms with van der Waals surface area (Å²) in [4.78, 5) is 2.22. The number of anilines is 1. The lowest BCUT2D eigenvalue weighted by molar-refractivity contribution is 0.447. The molecule has 1 heterocycles. The Labute approximate surface area is 123 Å². The second kappa shape index (κ2) is 8.95. The zero-order valence-electron chi connectivity index (χ0n) is 13.6. The van der Waals surface area contributed by atoms with Crippen molar-refractivity contribution in [1.29, 1.82) is 0 Å². The number of aromatic nitrogens is 2. The number of nitrogens with zero attached hydrogens (tertiary/aromatic N) is 3. The SMILES string of the molecule is CCNCc1nnc(N(CCC(C)C)CCC(C)C)o1. The molecule has 0 fully saturated rings. The second-order valence-electron chi connectivity index (χ2n) is 6.11. The zero-order valence-corrected chi connectivity index (χ0v) is 13.6. The molecule has 0 unspecified atom stereocenters.